The molecule has 0 spiro atoms. The Kier molecular flexibility index (Phi) is 6.04. The van der Waals surface area contributed by atoms with Crippen LogP contribution in [0, 0.1) is 13.8 Å². The molecule has 7 nitrogen and oxygen atoms in total. The van der Waals surface area contributed by atoms with Crippen LogP contribution in [0.1, 0.15) is 18.3 Å². The molecule has 2 N–H and O–H groups in total. The third kappa shape index (κ3) is 5.27. The Hall–Kier alpha value is -2.97. The van der Waals surface area contributed by atoms with Gasteiger partial charge in [0, 0.05) is 11.8 Å². The van der Waals surface area contributed by atoms with Crippen molar-refractivity contribution in [2.75, 3.05) is 17.2 Å². The molecule has 0 saturated heterocycles. The highest BCUT2D eigenvalue weighted by Crippen LogP contribution is 2.22. The van der Waals surface area contributed by atoms with Crippen LogP contribution in [0.25, 0.3) is 0 Å². The minimum atomic E-state index is -2.93. The molecule has 1 heterocycles. The number of urea groups is 1. The smallest absolute Gasteiger partial charge is 0.387 e. The summed E-state index contributed by atoms with van der Waals surface area (Å²) >= 11 is 0. The van der Waals surface area contributed by atoms with E-state index in [1.807, 2.05) is 6.92 Å². The second-order valence-electron chi connectivity index (χ2n) is 4.97. The fourth-order valence-corrected chi connectivity index (χ4v) is 2.09. The van der Waals surface area contributed by atoms with E-state index in [9.17, 15) is 13.6 Å². The van der Waals surface area contributed by atoms with Gasteiger partial charge >= 0.3 is 18.7 Å². The lowest BCUT2D eigenvalue weighted by Crippen LogP contribution is -2.21. The van der Waals surface area contributed by atoms with Gasteiger partial charge in [0.25, 0.3) is 0 Å². The van der Waals surface area contributed by atoms with Crippen LogP contribution in [-0.2, 0) is 0 Å². The summed E-state index contributed by atoms with van der Waals surface area (Å²) in [5.41, 5.74) is 1.83. The fraction of sp³-hybridized carbons (Fsp3) is 0.312. The number of halogens is 2. The number of aryl methyl sites for hydroxylation is 2. The van der Waals surface area contributed by atoms with E-state index in [2.05, 4.69) is 25.3 Å². The zero-order chi connectivity index (χ0) is 18.4. The molecule has 25 heavy (non-hydrogen) atoms. The molecule has 1 aromatic heterocycles. The quantitative estimate of drug-likeness (QED) is 0.827. The summed E-state index contributed by atoms with van der Waals surface area (Å²) < 4.78 is 34.0. The molecule has 0 atom stereocenters. The molecule has 0 fully saturated rings. The first-order chi connectivity index (χ1) is 11.9. The highest BCUT2D eigenvalue weighted by molar-refractivity contribution is 6.00. The molecule has 0 aliphatic rings. The molecule has 134 valence electrons. The number of nitrogens with one attached hydrogen (secondary N) is 2. The maximum Gasteiger partial charge on any atom is 0.387 e. The first kappa shape index (κ1) is 18.4. The summed E-state index contributed by atoms with van der Waals surface area (Å²) in [6.07, 6.45) is 0. The Morgan fingerprint density at radius 1 is 1.20 bits per heavy atom. The van der Waals surface area contributed by atoms with Crippen LogP contribution in [0.15, 0.2) is 24.3 Å². The third-order valence-corrected chi connectivity index (χ3v) is 3.08. The lowest BCUT2D eigenvalue weighted by atomic mass is 10.3. The van der Waals surface area contributed by atoms with Gasteiger partial charge in [0.05, 0.1) is 23.7 Å². The second-order valence-corrected chi connectivity index (χ2v) is 4.97. The molecule has 0 radical (unpaired) electrons. The fourth-order valence-electron chi connectivity index (χ4n) is 2.09. The number of rotatable bonds is 6. The molecule has 2 aromatic rings. The Balaban J connectivity index is 2.08. The van der Waals surface area contributed by atoms with E-state index in [4.69, 9.17) is 4.74 Å². The van der Waals surface area contributed by atoms with Crippen molar-refractivity contribution in [3.63, 3.8) is 0 Å². The number of amides is 2. The minimum Gasteiger partial charge on any atom is -0.464 e. The Labute approximate surface area is 143 Å². The Bertz CT molecular complexity index is 733. The summed E-state index contributed by atoms with van der Waals surface area (Å²) in [7, 11) is 0. The number of hydrogen-bond donors (Lipinski definition) is 2. The standard InChI is InChI=1S/C16H18F2N4O3/c1-4-24-16-19-9(2)13(10(3)20-16)22-15(23)21-11-6-5-7-12(8-11)25-14(17)18/h5-8,14H,4H2,1-3H3,(H2,21,22,23). The number of aromatic nitrogens is 2. The van der Waals surface area contributed by atoms with Crippen molar-refractivity contribution in [1.82, 2.24) is 9.97 Å². The van der Waals surface area contributed by atoms with Crippen molar-refractivity contribution in [2.45, 2.75) is 27.4 Å². The number of anilines is 2. The first-order valence-electron chi connectivity index (χ1n) is 7.50. The molecule has 9 heteroatoms. The zero-order valence-electron chi connectivity index (χ0n) is 14.0. The van der Waals surface area contributed by atoms with Gasteiger partial charge in [-0.3, -0.25) is 0 Å². The van der Waals surface area contributed by atoms with Crippen LogP contribution in [0.5, 0.6) is 11.8 Å². The summed E-state index contributed by atoms with van der Waals surface area (Å²) in [6.45, 7) is 2.74. The number of ether oxygens (including phenoxy) is 2. The van der Waals surface area contributed by atoms with Crippen molar-refractivity contribution in [3.8, 4) is 11.8 Å². The predicted molar refractivity (Wildman–Crippen MR) is 88.4 cm³/mol. The van der Waals surface area contributed by atoms with Gasteiger partial charge in [-0.25, -0.2) is 4.79 Å². The zero-order valence-corrected chi connectivity index (χ0v) is 14.0. The number of hydrogen-bond acceptors (Lipinski definition) is 5. The van der Waals surface area contributed by atoms with E-state index in [-0.39, 0.29) is 11.8 Å². The maximum atomic E-state index is 12.2. The van der Waals surface area contributed by atoms with E-state index in [0.29, 0.717) is 29.4 Å². The summed E-state index contributed by atoms with van der Waals surface area (Å²) in [4.78, 5) is 20.4. The number of carbonyl (C=O) groups is 1. The first-order valence-corrected chi connectivity index (χ1v) is 7.50. The van der Waals surface area contributed by atoms with Crippen molar-refractivity contribution in [2.24, 2.45) is 0 Å². The Morgan fingerprint density at radius 2 is 1.88 bits per heavy atom. The molecule has 0 aliphatic carbocycles. The highest BCUT2D eigenvalue weighted by Gasteiger charge is 2.13. The van der Waals surface area contributed by atoms with Gasteiger partial charge in [-0.15, -0.1) is 0 Å². The van der Waals surface area contributed by atoms with Crippen LogP contribution < -0.4 is 20.1 Å². The minimum absolute atomic E-state index is 0.0513. The van der Waals surface area contributed by atoms with Gasteiger partial charge in [0.2, 0.25) is 0 Å². The third-order valence-electron chi connectivity index (χ3n) is 3.08. The molecule has 1 aromatic carbocycles. The van der Waals surface area contributed by atoms with Gasteiger partial charge < -0.3 is 20.1 Å². The van der Waals surface area contributed by atoms with E-state index < -0.39 is 12.6 Å². The van der Waals surface area contributed by atoms with Gasteiger partial charge in [-0.2, -0.15) is 18.7 Å². The van der Waals surface area contributed by atoms with E-state index >= 15 is 0 Å². The van der Waals surface area contributed by atoms with Crippen molar-refractivity contribution in [3.05, 3.63) is 35.7 Å². The average molecular weight is 352 g/mol. The molecule has 0 unspecified atom stereocenters. The van der Waals surface area contributed by atoms with Crippen molar-refractivity contribution < 1.29 is 23.0 Å². The van der Waals surface area contributed by atoms with Crippen LogP contribution in [0.2, 0.25) is 0 Å². The molecule has 2 rings (SSSR count). The molecule has 0 aliphatic heterocycles. The molecular formula is C16H18F2N4O3. The second kappa shape index (κ2) is 8.22. The normalized spacial score (nSPS) is 10.5. The molecule has 0 bridgehead atoms. The molecular weight excluding hydrogens is 334 g/mol. The van der Waals surface area contributed by atoms with E-state index in [1.165, 1.54) is 18.2 Å². The van der Waals surface area contributed by atoms with E-state index in [0.717, 1.165) is 0 Å². The lowest BCUT2D eigenvalue weighted by molar-refractivity contribution is -0.0497. The topological polar surface area (TPSA) is 85.4 Å². The maximum absolute atomic E-state index is 12.2. The average Bonchev–Trinajstić information content (AvgIpc) is 2.51. The van der Waals surface area contributed by atoms with Crippen molar-refractivity contribution >= 4 is 17.4 Å². The van der Waals surface area contributed by atoms with Crippen LogP contribution >= 0.6 is 0 Å². The van der Waals surface area contributed by atoms with Crippen molar-refractivity contribution in [1.29, 1.82) is 0 Å². The number of alkyl halides is 2. The highest BCUT2D eigenvalue weighted by atomic mass is 19.3. The lowest BCUT2D eigenvalue weighted by Gasteiger charge is -2.13. The van der Waals surface area contributed by atoms with Crippen LogP contribution in [0.3, 0.4) is 0 Å². The molecule has 2 amide bonds. The monoisotopic (exact) mass is 352 g/mol. The number of carbonyl (C=O) groups excluding carboxylic acids is 1. The number of nitrogens with zero attached hydrogens (tertiary/aromatic N) is 2. The summed E-state index contributed by atoms with van der Waals surface area (Å²) in [6, 6.07) is 5.37. The summed E-state index contributed by atoms with van der Waals surface area (Å²) in [5.74, 6) is -0.0513. The number of benzene rings is 1. The molecule has 0 saturated carbocycles. The van der Waals surface area contributed by atoms with Gasteiger partial charge in [-0.05, 0) is 32.9 Å². The van der Waals surface area contributed by atoms with E-state index in [1.54, 1.807) is 19.9 Å². The van der Waals surface area contributed by atoms with Crippen LogP contribution in [0.4, 0.5) is 25.0 Å². The van der Waals surface area contributed by atoms with Gasteiger partial charge in [0.15, 0.2) is 0 Å². The summed E-state index contributed by atoms with van der Waals surface area (Å²) in [5, 5.41) is 5.17. The SMILES string of the molecule is CCOc1nc(C)c(NC(=O)Nc2cccc(OC(F)F)c2)c(C)n1. The van der Waals surface area contributed by atoms with Gasteiger partial charge in [-0.1, -0.05) is 6.07 Å². The van der Waals surface area contributed by atoms with Crippen LogP contribution in [-0.4, -0.2) is 29.2 Å². The predicted octanol–water partition coefficient (Wildman–Crippen LogP) is 3.74. The largest absolute Gasteiger partial charge is 0.464 e. The van der Waals surface area contributed by atoms with Gasteiger partial charge in [0.1, 0.15) is 5.75 Å². The Morgan fingerprint density at radius 3 is 2.48 bits per heavy atom.